The monoisotopic (exact) mass is 660 g/mol. The molecule has 0 aliphatic carbocycles. The zero-order valence-corrected chi connectivity index (χ0v) is 24.5. The zero-order chi connectivity index (χ0) is 27.4. The van der Waals surface area contributed by atoms with E-state index in [1.807, 2.05) is 12.1 Å². The maximum absolute atomic E-state index is 13.1. The van der Waals surface area contributed by atoms with Crippen LogP contribution < -0.4 is 10.1 Å². The lowest BCUT2D eigenvalue weighted by Crippen LogP contribution is -2.36. The van der Waals surface area contributed by atoms with Crippen molar-refractivity contribution in [1.29, 1.82) is 0 Å². The Morgan fingerprint density at radius 3 is 2.29 bits per heavy atom. The Hall–Kier alpha value is -2.95. The third-order valence-electron chi connectivity index (χ3n) is 5.65. The van der Waals surface area contributed by atoms with Gasteiger partial charge < -0.3 is 10.1 Å². The van der Waals surface area contributed by atoms with Gasteiger partial charge in [0.15, 0.2) is 0 Å². The van der Waals surface area contributed by atoms with Crippen molar-refractivity contribution >= 4 is 72.4 Å². The van der Waals surface area contributed by atoms with Crippen molar-refractivity contribution < 1.29 is 23.5 Å². The number of imide groups is 1. The van der Waals surface area contributed by atoms with Gasteiger partial charge in [0, 0.05) is 5.69 Å². The van der Waals surface area contributed by atoms with Crippen molar-refractivity contribution in [2.75, 3.05) is 11.9 Å². The van der Waals surface area contributed by atoms with Gasteiger partial charge in [-0.25, -0.2) is 4.39 Å². The first kappa shape index (κ1) is 28.1. The van der Waals surface area contributed by atoms with Crippen LogP contribution in [0.1, 0.15) is 36.5 Å². The average Bonchev–Trinajstić information content (AvgIpc) is 3.12. The summed E-state index contributed by atoms with van der Waals surface area (Å²) >= 11 is 7.74. The molecule has 3 amide bonds. The molecule has 6 nitrogen and oxygen atoms in total. The molecule has 0 unspecified atom stereocenters. The fourth-order valence-electron chi connectivity index (χ4n) is 3.62. The molecule has 1 fully saturated rings. The van der Waals surface area contributed by atoms with Crippen molar-refractivity contribution in [2.45, 2.75) is 26.4 Å². The van der Waals surface area contributed by atoms with E-state index in [4.69, 9.17) is 4.74 Å². The number of carbonyl (C=O) groups is 3. The Kier molecular flexibility index (Phi) is 9.07. The van der Waals surface area contributed by atoms with Gasteiger partial charge in [0.1, 0.15) is 24.7 Å². The standard InChI is InChI=1S/C28H23Br2FN2O4S/c1-16(2)19-5-9-21(10-6-19)32-25(34)14-33-27(35)24(38-28(33)36)13-18-11-22(29)26(23(30)12-18)37-15-17-3-7-20(31)8-4-17/h3-13,16H,14-15H2,1-2H3,(H,32,34)/b24-13+. The van der Waals surface area contributed by atoms with Crippen molar-refractivity contribution in [3.63, 3.8) is 0 Å². The number of anilines is 1. The van der Waals surface area contributed by atoms with Crippen LogP contribution in [0, 0.1) is 5.82 Å². The van der Waals surface area contributed by atoms with Gasteiger partial charge in [-0.3, -0.25) is 19.3 Å². The van der Waals surface area contributed by atoms with Crippen LogP contribution in [-0.4, -0.2) is 28.5 Å². The maximum Gasteiger partial charge on any atom is 0.294 e. The summed E-state index contributed by atoms with van der Waals surface area (Å²) in [6.45, 7) is 4.02. The number of thioether (sulfide) groups is 1. The van der Waals surface area contributed by atoms with Gasteiger partial charge in [0.2, 0.25) is 5.91 Å². The molecule has 0 spiro atoms. The first-order valence-electron chi connectivity index (χ1n) is 11.6. The van der Waals surface area contributed by atoms with Crippen LogP contribution in [0.2, 0.25) is 0 Å². The molecule has 0 aromatic heterocycles. The smallest absolute Gasteiger partial charge is 0.294 e. The van der Waals surface area contributed by atoms with Crippen LogP contribution in [-0.2, 0) is 16.2 Å². The van der Waals surface area contributed by atoms with Gasteiger partial charge in [0.25, 0.3) is 11.1 Å². The molecule has 1 N–H and O–H groups in total. The average molecular weight is 662 g/mol. The molecule has 1 saturated heterocycles. The molecule has 3 aromatic rings. The normalized spacial score (nSPS) is 14.5. The predicted octanol–water partition coefficient (Wildman–Crippen LogP) is 7.73. The van der Waals surface area contributed by atoms with Crippen LogP contribution in [0.3, 0.4) is 0 Å². The Morgan fingerprint density at radius 2 is 1.68 bits per heavy atom. The molecule has 10 heteroatoms. The summed E-state index contributed by atoms with van der Waals surface area (Å²) in [5, 5.41) is 2.22. The number of nitrogens with one attached hydrogen (secondary N) is 1. The van der Waals surface area contributed by atoms with Crippen LogP contribution >= 0.6 is 43.6 Å². The predicted molar refractivity (Wildman–Crippen MR) is 154 cm³/mol. The van der Waals surface area contributed by atoms with E-state index in [-0.39, 0.29) is 23.9 Å². The van der Waals surface area contributed by atoms with E-state index in [0.29, 0.717) is 31.9 Å². The fourth-order valence-corrected chi connectivity index (χ4v) is 5.91. The van der Waals surface area contributed by atoms with Gasteiger partial charge in [-0.15, -0.1) is 0 Å². The van der Waals surface area contributed by atoms with Gasteiger partial charge in [-0.05, 0) is 109 Å². The summed E-state index contributed by atoms with van der Waals surface area (Å²) in [5.41, 5.74) is 3.20. The lowest BCUT2D eigenvalue weighted by Gasteiger charge is -2.13. The topological polar surface area (TPSA) is 75.7 Å². The number of amides is 3. The summed E-state index contributed by atoms with van der Waals surface area (Å²) < 4.78 is 20.2. The number of hydrogen-bond donors (Lipinski definition) is 1. The first-order valence-corrected chi connectivity index (χ1v) is 14.0. The highest BCUT2D eigenvalue weighted by molar-refractivity contribution is 9.11. The van der Waals surface area contributed by atoms with E-state index >= 15 is 0 Å². The quantitative estimate of drug-likeness (QED) is 0.250. The molecule has 0 saturated carbocycles. The summed E-state index contributed by atoms with van der Waals surface area (Å²) in [6, 6.07) is 17.0. The van der Waals surface area contributed by atoms with E-state index in [1.54, 1.807) is 42.5 Å². The summed E-state index contributed by atoms with van der Waals surface area (Å²) in [7, 11) is 0. The number of nitrogens with zero attached hydrogens (tertiary/aromatic N) is 1. The van der Waals surface area contributed by atoms with Crippen LogP contribution in [0.25, 0.3) is 6.08 Å². The number of ether oxygens (including phenoxy) is 1. The Morgan fingerprint density at radius 1 is 1.05 bits per heavy atom. The highest BCUT2D eigenvalue weighted by atomic mass is 79.9. The molecule has 1 aliphatic heterocycles. The number of halogens is 3. The van der Waals surface area contributed by atoms with Crippen LogP contribution in [0.5, 0.6) is 5.75 Å². The number of benzene rings is 3. The largest absolute Gasteiger partial charge is 0.487 e. The van der Waals surface area contributed by atoms with Crippen molar-refractivity contribution in [3.05, 3.63) is 97.0 Å². The molecule has 196 valence electrons. The molecule has 0 radical (unpaired) electrons. The Labute approximate surface area is 240 Å². The minimum absolute atomic E-state index is 0.211. The molecule has 4 rings (SSSR count). The highest BCUT2D eigenvalue weighted by Gasteiger charge is 2.36. The van der Waals surface area contributed by atoms with E-state index in [9.17, 15) is 18.8 Å². The minimum atomic E-state index is -0.533. The maximum atomic E-state index is 13.1. The first-order chi connectivity index (χ1) is 18.1. The second-order valence-corrected chi connectivity index (χ2v) is 11.5. The second kappa shape index (κ2) is 12.3. The number of hydrogen-bond acceptors (Lipinski definition) is 5. The second-order valence-electron chi connectivity index (χ2n) is 8.82. The van der Waals surface area contributed by atoms with E-state index in [2.05, 4.69) is 51.0 Å². The Balaban J connectivity index is 1.41. The van der Waals surface area contributed by atoms with Crippen molar-refractivity contribution in [1.82, 2.24) is 4.90 Å². The molecule has 1 heterocycles. The van der Waals surface area contributed by atoms with E-state index in [1.165, 1.54) is 12.1 Å². The highest BCUT2D eigenvalue weighted by Crippen LogP contribution is 2.38. The summed E-state index contributed by atoms with van der Waals surface area (Å²) in [5.74, 6) is -0.402. The lowest BCUT2D eigenvalue weighted by atomic mass is 10.0. The molecule has 3 aromatic carbocycles. The summed E-state index contributed by atoms with van der Waals surface area (Å²) in [4.78, 5) is 39.1. The molecule has 0 atom stereocenters. The third kappa shape index (κ3) is 6.92. The molecule has 38 heavy (non-hydrogen) atoms. The van der Waals surface area contributed by atoms with Gasteiger partial charge in [-0.2, -0.15) is 0 Å². The van der Waals surface area contributed by atoms with Crippen molar-refractivity contribution in [2.24, 2.45) is 0 Å². The Bertz CT molecular complexity index is 1390. The molecule has 1 aliphatic rings. The zero-order valence-electron chi connectivity index (χ0n) is 20.5. The number of carbonyl (C=O) groups excluding carboxylic acids is 3. The molecular weight excluding hydrogens is 639 g/mol. The molecule has 0 bridgehead atoms. The van der Waals surface area contributed by atoms with Crippen LogP contribution in [0.4, 0.5) is 14.9 Å². The third-order valence-corrected chi connectivity index (χ3v) is 7.74. The van der Waals surface area contributed by atoms with Crippen molar-refractivity contribution in [3.8, 4) is 5.75 Å². The fraction of sp³-hybridized carbons (Fsp3) is 0.179. The SMILES string of the molecule is CC(C)c1ccc(NC(=O)CN2C(=O)S/C(=C/c3cc(Br)c(OCc4ccc(F)cc4)c(Br)c3)C2=O)cc1. The van der Waals surface area contributed by atoms with Crippen LogP contribution in [0.15, 0.2) is 74.5 Å². The number of rotatable bonds is 8. The molecular formula is C28H23Br2FN2O4S. The van der Waals surface area contributed by atoms with E-state index in [0.717, 1.165) is 27.8 Å². The van der Waals surface area contributed by atoms with Gasteiger partial charge in [0.05, 0.1) is 13.9 Å². The van der Waals surface area contributed by atoms with E-state index < -0.39 is 17.1 Å². The summed E-state index contributed by atoms with van der Waals surface area (Å²) in [6.07, 6.45) is 1.59. The van der Waals surface area contributed by atoms with Gasteiger partial charge in [-0.1, -0.05) is 38.1 Å². The lowest BCUT2D eigenvalue weighted by molar-refractivity contribution is -0.127. The minimum Gasteiger partial charge on any atom is -0.487 e. The van der Waals surface area contributed by atoms with Gasteiger partial charge >= 0.3 is 0 Å².